The summed E-state index contributed by atoms with van der Waals surface area (Å²) < 4.78 is 0. The Morgan fingerprint density at radius 2 is 1.58 bits per heavy atom. The van der Waals surface area contributed by atoms with Crippen molar-refractivity contribution in [2.45, 2.75) is 44.7 Å². The van der Waals surface area contributed by atoms with E-state index in [9.17, 15) is 20.1 Å². The Morgan fingerprint density at radius 1 is 1.05 bits per heavy atom. The third kappa shape index (κ3) is 5.94. The summed E-state index contributed by atoms with van der Waals surface area (Å²) in [4.78, 5) is 13.6. The molecule has 19 heavy (non-hydrogen) atoms. The van der Waals surface area contributed by atoms with E-state index in [1.54, 1.807) is 0 Å². The molecule has 0 unspecified atom stereocenters. The van der Waals surface area contributed by atoms with Crippen LogP contribution in [0, 0.1) is 0 Å². The van der Waals surface area contributed by atoms with Gasteiger partial charge in [0.15, 0.2) is 5.78 Å². The molecule has 0 spiro atoms. The van der Waals surface area contributed by atoms with E-state index in [-0.39, 0.29) is 6.42 Å². The van der Waals surface area contributed by atoms with Crippen LogP contribution < -0.4 is 0 Å². The van der Waals surface area contributed by atoms with E-state index < -0.39 is 36.8 Å². The highest BCUT2D eigenvalue weighted by Gasteiger charge is 2.33. The number of Topliss-reactive ketones (excluding diaryl/α,β-unsaturated/α-hetero) is 1. The first-order chi connectivity index (χ1) is 8.88. The normalized spacial score (nSPS) is 18.1. The molecule has 7 nitrogen and oxygen atoms in total. The van der Waals surface area contributed by atoms with E-state index in [2.05, 4.69) is 0 Å². The molecule has 0 aliphatic carbocycles. The van der Waals surface area contributed by atoms with Crippen LogP contribution in [0.4, 0.5) is 0 Å². The maximum absolute atomic E-state index is 11.6. The lowest BCUT2D eigenvalue weighted by molar-refractivity contribution is -0.147. The van der Waals surface area contributed by atoms with E-state index in [0.29, 0.717) is 6.54 Å². The average molecular weight is 279 g/mol. The van der Waals surface area contributed by atoms with Crippen molar-refractivity contribution >= 4 is 5.78 Å². The zero-order chi connectivity index (χ0) is 15.0. The summed E-state index contributed by atoms with van der Waals surface area (Å²) in [5, 5.41) is 46.3. The molecule has 5 N–H and O–H groups in total. The monoisotopic (exact) mass is 279 g/mol. The van der Waals surface area contributed by atoms with E-state index in [1.807, 2.05) is 18.7 Å². The van der Waals surface area contributed by atoms with Gasteiger partial charge in [0.25, 0.3) is 0 Å². The third-order valence-corrected chi connectivity index (χ3v) is 3.15. The fourth-order valence-electron chi connectivity index (χ4n) is 1.67. The Labute approximate surface area is 113 Å². The number of aliphatic hydroxyl groups excluding tert-OH is 5. The maximum atomic E-state index is 11.6. The van der Waals surface area contributed by atoms with Crippen LogP contribution >= 0.6 is 0 Å². The second-order valence-electron chi connectivity index (χ2n) is 4.42. The van der Waals surface area contributed by atoms with Crippen molar-refractivity contribution < 1.29 is 30.3 Å². The van der Waals surface area contributed by atoms with Gasteiger partial charge in [0.2, 0.25) is 0 Å². The van der Waals surface area contributed by atoms with Crippen LogP contribution in [0.5, 0.6) is 0 Å². The summed E-state index contributed by atoms with van der Waals surface area (Å²) in [6.07, 6.45) is -6.90. The highest BCUT2D eigenvalue weighted by Crippen LogP contribution is 2.08. The topological polar surface area (TPSA) is 121 Å². The molecule has 7 heteroatoms. The fraction of sp³-hybridized carbons (Fsp3) is 0.917. The molecular formula is C12H25NO6. The number of hydrogen-bond donors (Lipinski definition) is 5. The van der Waals surface area contributed by atoms with E-state index in [1.165, 1.54) is 0 Å². The molecule has 0 saturated heterocycles. The van der Waals surface area contributed by atoms with Crippen LogP contribution in [0.15, 0.2) is 0 Å². The highest BCUT2D eigenvalue weighted by atomic mass is 16.4. The van der Waals surface area contributed by atoms with Gasteiger partial charge in [-0.15, -0.1) is 0 Å². The zero-order valence-corrected chi connectivity index (χ0v) is 11.4. The Kier molecular flexibility index (Phi) is 9.07. The van der Waals surface area contributed by atoms with Gasteiger partial charge in [-0.25, -0.2) is 0 Å². The van der Waals surface area contributed by atoms with E-state index in [4.69, 9.17) is 10.2 Å². The Morgan fingerprint density at radius 3 is 2.00 bits per heavy atom. The highest BCUT2D eigenvalue weighted by molar-refractivity contribution is 5.83. The van der Waals surface area contributed by atoms with Gasteiger partial charge in [0.1, 0.15) is 24.4 Å². The molecular weight excluding hydrogens is 254 g/mol. The van der Waals surface area contributed by atoms with Crippen molar-refractivity contribution in [3.05, 3.63) is 0 Å². The standard InChI is InChI=1S/C12H25NO6/c1-3-13(4-2)6-5-8(15)10(17)12(19)11(18)9(16)7-14/h9-12,14,16-19H,3-7H2,1-2H3/t9-,10+,11-,12-/m1/s1. The second-order valence-corrected chi connectivity index (χ2v) is 4.42. The largest absolute Gasteiger partial charge is 0.394 e. The average Bonchev–Trinajstić information content (AvgIpc) is 2.44. The van der Waals surface area contributed by atoms with Crippen LogP contribution in [0.2, 0.25) is 0 Å². The van der Waals surface area contributed by atoms with Gasteiger partial charge in [-0.3, -0.25) is 4.79 Å². The van der Waals surface area contributed by atoms with Gasteiger partial charge >= 0.3 is 0 Å². The first kappa shape index (κ1) is 18.4. The van der Waals surface area contributed by atoms with Crippen LogP contribution in [-0.4, -0.2) is 86.9 Å². The lowest BCUT2D eigenvalue weighted by Gasteiger charge is -2.25. The zero-order valence-electron chi connectivity index (χ0n) is 11.4. The molecule has 0 aromatic heterocycles. The fourth-order valence-corrected chi connectivity index (χ4v) is 1.67. The van der Waals surface area contributed by atoms with E-state index >= 15 is 0 Å². The third-order valence-electron chi connectivity index (χ3n) is 3.15. The molecule has 0 aromatic carbocycles. The van der Waals surface area contributed by atoms with Gasteiger partial charge in [0, 0.05) is 13.0 Å². The van der Waals surface area contributed by atoms with Crippen LogP contribution in [0.1, 0.15) is 20.3 Å². The number of carbonyl (C=O) groups is 1. The molecule has 0 heterocycles. The van der Waals surface area contributed by atoms with Crippen LogP contribution in [-0.2, 0) is 4.79 Å². The van der Waals surface area contributed by atoms with Gasteiger partial charge < -0.3 is 30.4 Å². The summed E-state index contributed by atoms with van der Waals surface area (Å²) in [5.41, 5.74) is 0. The predicted octanol–water partition coefficient (Wildman–Crippen LogP) is -2.28. The number of aliphatic hydroxyl groups is 5. The molecule has 0 fully saturated rings. The molecule has 0 radical (unpaired) electrons. The molecule has 0 rings (SSSR count). The lowest BCUT2D eigenvalue weighted by atomic mass is 9.99. The Bertz CT molecular complexity index is 259. The summed E-state index contributed by atoms with van der Waals surface area (Å²) in [5.74, 6) is -0.608. The summed E-state index contributed by atoms with van der Waals surface area (Å²) in [6.45, 7) is 5.12. The molecule has 4 atom stereocenters. The summed E-state index contributed by atoms with van der Waals surface area (Å²) in [6, 6.07) is 0. The van der Waals surface area contributed by atoms with Gasteiger partial charge in [0.05, 0.1) is 6.61 Å². The van der Waals surface area contributed by atoms with Crippen molar-refractivity contribution in [3.8, 4) is 0 Å². The number of nitrogens with zero attached hydrogens (tertiary/aromatic N) is 1. The number of ketones is 1. The Balaban J connectivity index is 4.31. The molecule has 114 valence electrons. The molecule has 0 aromatic rings. The van der Waals surface area contributed by atoms with Crippen molar-refractivity contribution in [1.29, 1.82) is 0 Å². The van der Waals surface area contributed by atoms with Crippen molar-refractivity contribution in [1.82, 2.24) is 4.90 Å². The molecule has 0 aliphatic rings. The molecule has 0 aliphatic heterocycles. The molecule has 0 bridgehead atoms. The summed E-state index contributed by atoms with van der Waals surface area (Å²) >= 11 is 0. The van der Waals surface area contributed by atoms with Crippen molar-refractivity contribution in [3.63, 3.8) is 0 Å². The minimum Gasteiger partial charge on any atom is -0.394 e. The van der Waals surface area contributed by atoms with Crippen molar-refractivity contribution in [2.75, 3.05) is 26.2 Å². The quantitative estimate of drug-likeness (QED) is 0.305. The molecule has 0 amide bonds. The summed E-state index contributed by atoms with van der Waals surface area (Å²) in [7, 11) is 0. The molecule has 0 saturated carbocycles. The minimum absolute atomic E-state index is 0.0435. The first-order valence-corrected chi connectivity index (χ1v) is 6.47. The minimum atomic E-state index is -1.81. The van der Waals surface area contributed by atoms with Crippen LogP contribution in [0.25, 0.3) is 0 Å². The van der Waals surface area contributed by atoms with Crippen LogP contribution in [0.3, 0.4) is 0 Å². The Hall–Kier alpha value is -0.570. The van der Waals surface area contributed by atoms with Gasteiger partial charge in [-0.05, 0) is 13.1 Å². The number of carbonyl (C=O) groups excluding carboxylic acids is 1. The number of hydrogen-bond acceptors (Lipinski definition) is 7. The number of rotatable bonds is 10. The van der Waals surface area contributed by atoms with E-state index in [0.717, 1.165) is 13.1 Å². The van der Waals surface area contributed by atoms with Gasteiger partial charge in [-0.2, -0.15) is 0 Å². The predicted molar refractivity (Wildman–Crippen MR) is 68.5 cm³/mol. The maximum Gasteiger partial charge on any atom is 0.165 e. The first-order valence-electron chi connectivity index (χ1n) is 6.47. The lowest BCUT2D eigenvalue weighted by Crippen LogP contribution is -2.49. The smallest absolute Gasteiger partial charge is 0.165 e. The van der Waals surface area contributed by atoms with Crippen molar-refractivity contribution in [2.24, 2.45) is 0 Å². The van der Waals surface area contributed by atoms with Gasteiger partial charge in [-0.1, -0.05) is 13.8 Å². The second kappa shape index (κ2) is 9.35. The SMILES string of the molecule is CCN(CC)CCC(=O)[C@H](O)[C@@H](O)[C@H](O)[C@H](O)CO.